The van der Waals surface area contributed by atoms with Crippen molar-refractivity contribution in [2.75, 3.05) is 0 Å². The molecule has 0 aromatic rings. The first-order chi connectivity index (χ1) is 9.43. The maximum atomic E-state index is 12.0. The van der Waals surface area contributed by atoms with Crippen molar-refractivity contribution < 1.29 is 19.1 Å². The number of hydrogen-bond donors (Lipinski definition) is 1. The minimum atomic E-state index is -2.08. The molecule has 0 bridgehead atoms. The minimum absolute atomic E-state index is 0.0118. The van der Waals surface area contributed by atoms with Gasteiger partial charge in [-0.2, -0.15) is 0 Å². The summed E-state index contributed by atoms with van der Waals surface area (Å²) in [7, 11) is -2.08. The fraction of sp³-hybridized carbons (Fsp3) is 0.867. The van der Waals surface area contributed by atoms with Gasteiger partial charge < -0.3 is 14.4 Å². The van der Waals surface area contributed by atoms with Crippen LogP contribution in [0.1, 0.15) is 47.0 Å². The molecule has 3 unspecified atom stereocenters. The van der Waals surface area contributed by atoms with Crippen LogP contribution in [0.2, 0.25) is 18.1 Å². The second-order valence-electron chi connectivity index (χ2n) is 7.91. The lowest BCUT2D eigenvalue weighted by Gasteiger charge is -2.49. The number of hydrogen-bond acceptors (Lipinski definition) is 3. The van der Waals surface area contributed by atoms with Gasteiger partial charge in [0.05, 0.1) is 6.10 Å². The molecule has 2 fully saturated rings. The van der Waals surface area contributed by atoms with E-state index in [-0.39, 0.29) is 17.0 Å². The van der Waals surface area contributed by atoms with Gasteiger partial charge in [0.25, 0.3) is 0 Å². The Bertz CT molecular complexity index is 471. The maximum Gasteiger partial charge on any atom is 0.332 e. The number of β-lactam (4-membered cyclic amide) rings is 1. The first kappa shape index (κ1) is 16.5. The van der Waals surface area contributed by atoms with Crippen LogP contribution in [0.5, 0.6) is 0 Å². The third kappa shape index (κ3) is 2.32. The zero-order valence-electron chi connectivity index (χ0n) is 13.9. The predicted molar refractivity (Wildman–Crippen MR) is 82.6 cm³/mol. The Hall–Kier alpha value is -0.883. The highest BCUT2D eigenvalue weighted by Crippen LogP contribution is 2.47. The van der Waals surface area contributed by atoms with E-state index >= 15 is 0 Å². The average molecular weight is 313 g/mol. The van der Waals surface area contributed by atoms with Crippen LogP contribution in [0, 0.1) is 0 Å². The van der Waals surface area contributed by atoms with Gasteiger partial charge >= 0.3 is 5.97 Å². The minimum Gasteiger partial charge on any atom is -0.479 e. The smallest absolute Gasteiger partial charge is 0.332 e. The van der Waals surface area contributed by atoms with Gasteiger partial charge in [-0.05, 0) is 37.9 Å². The topological polar surface area (TPSA) is 66.8 Å². The van der Waals surface area contributed by atoms with E-state index in [0.717, 1.165) is 6.42 Å². The molecular weight excluding hydrogens is 286 g/mol. The summed E-state index contributed by atoms with van der Waals surface area (Å²) in [5, 5.41) is 9.83. The van der Waals surface area contributed by atoms with Gasteiger partial charge in [-0.25, -0.2) is 4.79 Å². The molecule has 0 spiro atoms. The van der Waals surface area contributed by atoms with Crippen molar-refractivity contribution in [2.45, 2.75) is 82.8 Å². The molecule has 2 aliphatic rings. The maximum absolute atomic E-state index is 12.0. The molecule has 1 amide bonds. The summed E-state index contributed by atoms with van der Waals surface area (Å²) in [6.45, 7) is 12.4. The molecule has 3 atom stereocenters. The summed E-state index contributed by atoms with van der Waals surface area (Å²) in [6.07, 6.45) is 1.27. The number of nitrogens with zero attached hydrogens (tertiary/aromatic N) is 1. The Morgan fingerprint density at radius 3 is 2.48 bits per heavy atom. The van der Waals surface area contributed by atoms with Crippen molar-refractivity contribution in [1.82, 2.24) is 4.90 Å². The highest BCUT2D eigenvalue weighted by molar-refractivity contribution is 6.74. The SMILES string of the molecule is CC(O[Si](C)(C)C(C)(C)C)C1(C(=O)O)CCC2CC(=O)N21. The third-order valence-corrected chi connectivity index (χ3v) is 10.2. The summed E-state index contributed by atoms with van der Waals surface area (Å²) in [5.41, 5.74) is -1.17. The fourth-order valence-corrected chi connectivity index (χ4v) is 4.70. The van der Waals surface area contributed by atoms with E-state index < -0.39 is 25.9 Å². The summed E-state index contributed by atoms with van der Waals surface area (Å²) in [6, 6.07) is 0.0964. The number of aliphatic carboxylic acids is 1. The van der Waals surface area contributed by atoms with Gasteiger partial charge in [-0.15, -0.1) is 0 Å². The number of carbonyl (C=O) groups excluding carboxylic acids is 1. The quantitative estimate of drug-likeness (QED) is 0.640. The van der Waals surface area contributed by atoms with E-state index in [9.17, 15) is 14.7 Å². The van der Waals surface area contributed by atoms with Crippen molar-refractivity contribution in [3.8, 4) is 0 Å². The van der Waals surface area contributed by atoms with Gasteiger partial charge in [0.15, 0.2) is 13.9 Å². The zero-order valence-corrected chi connectivity index (χ0v) is 14.9. The second-order valence-corrected chi connectivity index (χ2v) is 12.7. The van der Waals surface area contributed by atoms with Crippen molar-refractivity contribution in [3.05, 3.63) is 0 Å². The lowest BCUT2D eigenvalue weighted by atomic mass is 9.89. The van der Waals surface area contributed by atoms with Crippen LogP contribution in [-0.2, 0) is 14.0 Å². The van der Waals surface area contributed by atoms with Gasteiger partial charge in [0.2, 0.25) is 5.91 Å². The molecule has 1 N–H and O–H groups in total. The number of carbonyl (C=O) groups is 2. The van der Waals surface area contributed by atoms with E-state index in [2.05, 4.69) is 33.9 Å². The van der Waals surface area contributed by atoms with Crippen LogP contribution in [0.25, 0.3) is 0 Å². The highest BCUT2D eigenvalue weighted by Gasteiger charge is 2.63. The van der Waals surface area contributed by atoms with Crippen LogP contribution in [0.3, 0.4) is 0 Å². The Labute approximate surface area is 127 Å². The Kier molecular flexibility index (Phi) is 3.78. The first-order valence-electron chi connectivity index (χ1n) is 7.67. The van der Waals surface area contributed by atoms with E-state index in [1.807, 2.05) is 6.92 Å². The first-order valence-corrected chi connectivity index (χ1v) is 10.6. The lowest BCUT2D eigenvalue weighted by Crippen LogP contribution is -2.68. The molecule has 0 radical (unpaired) electrons. The molecule has 6 heteroatoms. The molecule has 0 aliphatic carbocycles. The number of fused-ring (bicyclic) bond motifs is 1. The molecule has 2 rings (SSSR count). The molecule has 0 aromatic carbocycles. The van der Waals surface area contributed by atoms with Crippen molar-refractivity contribution in [1.29, 1.82) is 0 Å². The van der Waals surface area contributed by atoms with Crippen molar-refractivity contribution in [2.24, 2.45) is 0 Å². The van der Waals surface area contributed by atoms with E-state index in [0.29, 0.717) is 12.8 Å². The summed E-state index contributed by atoms with van der Waals surface area (Å²) < 4.78 is 6.32. The van der Waals surface area contributed by atoms with E-state index in [1.165, 1.54) is 0 Å². The van der Waals surface area contributed by atoms with Crippen LogP contribution in [-0.4, -0.2) is 47.9 Å². The normalized spacial score (nSPS) is 30.9. The van der Waals surface area contributed by atoms with Crippen LogP contribution >= 0.6 is 0 Å². The Balaban J connectivity index is 2.28. The van der Waals surface area contributed by atoms with E-state index in [4.69, 9.17) is 4.43 Å². The van der Waals surface area contributed by atoms with Gasteiger partial charge in [0.1, 0.15) is 0 Å². The Morgan fingerprint density at radius 2 is 2.05 bits per heavy atom. The standard InChI is InChI=1S/C15H27NO4Si/c1-10(20-21(5,6)14(2,3)4)15(13(18)19)8-7-11-9-12(17)16(11)15/h10-11H,7-9H2,1-6H3,(H,18,19). The zero-order chi connectivity index (χ0) is 16.2. The predicted octanol–water partition coefficient (Wildman–Crippen LogP) is 2.61. The second kappa shape index (κ2) is 4.81. The van der Waals surface area contributed by atoms with Crippen LogP contribution in [0.4, 0.5) is 0 Å². The summed E-state index contributed by atoms with van der Waals surface area (Å²) in [5.74, 6) is -0.977. The molecule has 120 valence electrons. The summed E-state index contributed by atoms with van der Waals surface area (Å²) >= 11 is 0. The highest BCUT2D eigenvalue weighted by atomic mass is 28.4. The number of amides is 1. The molecular formula is C15H27NO4Si. The third-order valence-electron chi connectivity index (χ3n) is 5.65. The van der Waals surface area contributed by atoms with Crippen LogP contribution < -0.4 is 0 Å². The molecule has 2 aliphatic heterocycles. The van der Waals surface area contributed by atoms with Gasteiger partial charge in [0, 0.05) is 12.5 Å². The number of rotatable bonds is 4. The van der Waals surface area contributed by atoms with Crippen molar-refractivity contribution in [3.63, 3.8) is 0 Å². The summed E-state index contributed by atoms with van der Waals surface area (Å²) in [4.78, 5) is 25.5. The monoisotopic (exact) mass is 313 g/mol. The molecule has 0 saturated carbocycles. The van der Waals surface area contributed by atoms with Gasteiger partial charge in [-0.3, -0.25) is 4.79 Å². The average Bonchev–Trinajstić information content (AvgIpc) is 2.61. The van der Waals surface area contributed by atoms with E-state index in [1.54, 1.807) is 4.90 Å². The molecule has 5 nitrogen and oxygen atoms in total. The molecule has 2 heterocycles. The van der Waals surface area contributed by atoms with Gasteiger partial charge in [-0.1, -0.05) is 20.8 Å². The largest absolute Gasteiger partial charge is 0.479 e. The Morgan fingerprint density at radius 1 is 1.48 bits per heavy atom. The van der Waals surface area contributed by atoms with Crippen molar-refractivity contribution >= 4 is 20.2 Å². The molecule has 0 aromatic heterocycles. The number of carboxylic acids is 1. The lowest BCUT2D eigenvalue weighted by molar-refractivity contribution is -0.173. The fourth-order valence-electron chi connectivity index (χ4n) is 3.27. The molecule has 2 saturated heterocycles. The number of carboxylic acid groups (broad SMARTS) is 1. The van der Waals surface area contributed by atoms with Crippen LogP contribution in [0.15, 0.2) is 0 Å². The molecule has 21 heavy (non-hydrogen) atoms.